The Hall–Kier alpha value is -3.33. The molecule has 1 unspecified atom stereocenters. The third kappa shape index (κ3) is 4.52. The van der Waals surface area contributed by atoms with Crippen molar-refractivity contribution < 1.29 is 4.79 Å². The van der Waals surface area contributed by atoms with Crippen molar-refractivity contribution in [3.63, 3.8) is 0 Å². The van der Waals surface area contributed by atoms with E-state index in [1.165, 1.54) is 30.4 Å². The molecule has 2 aromatic rings. The van der Waals surface area contributed by atoms with Gasteiger partial charge in [0, 0.05) is 31.3 Å². The van der Waals surface area contributed by atoms with Gasteiger partial charge in [-0.1, -0.05) is 31.5 Å². The van der Waals surface area contributed by atoms with Crippen LogP contribution in [0.25, 0.3) is 0 Å². The standard InChI is InChI=1S/C29H35N5O/c1-4-27-31-28(32-33(27)3)26-17-24(19(2)16-25(26)23-6-5-7-23)29(35)34-14-12-22(13-15-34)21-10-8-20(18-30)9-11-21/h8-11,16-17,22-23,27H,4-7,12-15H2,1-3H3,(H,31,32). The molecule has 1 aliphatic carbocycles. The van der Waals surface area contributed by atoms with Crippen LogP contribution >= 0.6 is 0 Å². The van der Waals surface area contributed by atoms with Crippen molar-refractivity contribution >= 4 is 11.7 Å². The maximum absolute atomic E-state index is 13.7. The number of likely N-dealkylation sites (tertiary alicyclic amines) is 1. The monoisotopic (exact) mass is 469 g/mol. The highest BCUT2D eigenvalue weighted by molar-refractivity contribution is 6.04. The third-order valence-corrected chi connectivity index (χ3v) is 8.12. The lowest BCUT2D eigenvalue weighted by molar-refractivity contribution is 0.0712. The van der Waals surface area contributed by atoms with E-state index in [9.17, 15) is 4.79 Å². The van der Waals surface area contributed by atoms with Crippen LogP contribution in [-0.2, 0) is 0 Å². The smallest absolute Gasteiger partial charge is 0.254 e. The van der Waals surface area contributed by atoms with E-state index in [1.807, 2.05) is 29.1 Å². The average molecular weight is 470 g/mol. The molecule has 2 aliphatic heterocycles. The second-order valence-corrected chi connectivity index (χ2v) is 10.3. The second kappa shape index (κ2) is 9.73. The number of rotatable bonds is 5. The zero-order chi connectivity index (χ0) is 24.5. The summed E-state index contributed by atoms with van der Waals surface area (Å²) in [5.41, 5.74) is 6.25. The molecule has 3 aliphatic rings. The predicted molar refractivity (Wildman–Crippen MR) is 138 cm³/mol. The molecule has 1 N–H and O–H groups in total. The summed E-state index contributed by atoms with van der Waals surface area (Å²) in [4.78, 5) is 15.7. The molecule has 35 heavy (non-hydrogen) atoms. The van der Waals surface area contributed by atoms with Crippen molar-refractivity contribution in [3.05, 3.63) is 69.8 Å². The van der Waals surface area contributed by atoms with Crippen LogP contribution in [-0.4, -0.2) is 48.0 Å². The van der Waals surface area contributed by atoms with Crippen LogP contribution in [0.3, 0.4) is 0 Å². The number of aryl methyl sites for hydroxylation is 1. The van der Waals surface area contributed by atoms with E-state index in [4.69, 9.17) is 10.4 Å². The molecule has 2 heterocycles. The van der Waals surface area contributed by atoms with E-state index in [1.54, 1.807) is 0 Å². The molecular weight excluding hydrogens is 434 g/mol. The normalized spacial score (nSPS) is 20.7. The van der Waals surface area contributed by atoms with Gasteiger partial charge in [0.05, 0.1) is 11.6 Å². The molecule has 2 fully saturated rings. The first-order valence-electron chi connectivity index (χ1n) is 13.0. The fraction of sp³-hybridized carbons (Fsp3) is 0.483. The van der Waals surface area contributed by atoms with Crippen molar-refractivity contribution in [1.82, 2.24) is 15.2 Å². The van der Waals surface area contributed by atoms with E-state index in [-0.39, 0.29) is 12.1 Å². The molecule has 1 amide bonds. The zero-order valence-corrected chi connectivity index (χ0v) is 21.1. The molecule has 0 aromatic heterocycles. The Labute approximate surface area is 208 Å². The fourth-order valence-electron chi connectivity index (χ4n) is 5.64. The van der Waals surface area contributed by atoms with Crippen molar-refractivity contribution in [3.8, 4) is 6.07 Å². The lowest BCUT2D eigenvalue weighted by Crippen LogP contribution is -2.39. The van der Waals surface area contributed by atoms with Gasteiger partial charge < -0.3 is 10.2 Å². The number of nitrogens with zero attached hydrogens (tertiary/aromatic N) is 4. The number of nitriles is 1. The number of benzene rings is 2. The van der Waals surface area contributed by atoms with Gasteiger partial charge in [-0.2, -0.15) is 10.4 Å². The highest BCUT2D eigenvalue weighted by atomic mass is 16.2. The first kappa shape index (κ1) is 23.4. The number of amidine groups is 1. The molecule has 1 saturated heterocycles. The molecule has 1 atom stereocenters. The Morgan fingerprint density at radius 3 is 2.40 bits per heavy atom. The van der Waals surface area contributed by atoms with E-state index >= 15 is 0 Å². The van der Waals surface area contributed by atoms with Crippen molar-refractivity contribution in [2.24, 2.45) is 5.10 Å². The van der Waals surface area contributed by atoms with Crippen LogP contribution in [0.2, 0.25) is 0 Å². The Morgan fingerprint density at radius 1 is 1.11 bits per heavy atom. The topological polar surface area (TPSA) is 71.7 Å². The second-order valence-electron chi connectivity index (χ2n) is 10.3. The molecule has 182 valence electrons. The molecule has 2 aromatic carbocycles. The Kier molecular flexibility index (Phi) is 6.51. The minimum absolute atomic E-state index is 0.126. The number of carbonyl (C=O) groups is 1. The van der Waals surface area contributed by atoms with Crippen molar-refractivity contribution in [2.75, 3.05) is 20.1 Å². The maximum atomic E-state index is 13.7. The molecule has 0 bridgehead atoms. The summed E-state index contributed by atoms with van der Waals surface area (Å²) in [6.45, 7) is 5.74. The number of hydrogen-bond donors (Lipinski definition) is 1. The van der Waals surface area contributed by atoms with Crippen LogP contribution in [0, 0.1) is 18.3 Å². The molecule has 6 nitrogen and oxygen atoms in total. The Bertz CT molecular complexity index is 1170. The van der Waals surface area contributed by atoms with Gasteiger partial charge in [-0.05, 0) is 85.8 Å². The lowest BCUT2D eigenvalue weighted by Gasteiger charge is -2.33. The quantitative estimate of drug-likeness (QED) is 0.662. The van der Waals surface area contributed by atoms with Gasteiger partial charge in [-0.25, -0.2) is 0 Å². The van der Waals surface area contributed by atoms with E-state index in [0.717, 1.165) is 54.9 Å². The summed E-state index contributed by atoms with van der Waals surface area (Å²) in [7, 11) is 2.01. The van der Waals surface area contributed by atoms with Crippen LogP contribution < -0.4 is 5.32 Å². The lowest BCUT2D eigenvalue weighted by atomic mass is 9.77. The molecular formula is C29H35N5O. The average Bonchev–Trinajstić information content (AvgIpc) is 3.23. The van der Waals surface area contributed by atoms with Gasteiger partial charge in [0.1, 0.15) is 6.17 Å². The number of carbonyl (C=O) groups excluding carboxylic acids is 1. The first-order chi connectivity index (χ1) is 17.0. The fourth-order valence-corrected chi connectivity index (χ4v) is 5.64. The zero-order valence-electron chi connectivity index (χ0n) is 21.1. The number of amides is 1. The summed E-state index contributed by atoms with van der Waals surface area (Å²) >= 11 is 0. The predicted octanol–water partition coefficient (Wildman–Crippen LogP) is 5.09. The summed E-state index contributed by atoms with van der Waals surface area (Å²) in [5, 5.41) is 19.4. The van der Waals surface area contributed by atoms with Gasteiger partial charge in [0.2, 0.25) is 0 Å². The highest BCUT2D eigenvalue weighted by Gasteiger charge is 2.31. The van der Waals surface area contributed by atoms with Crippen LogP contribution in [0.5, 0.6) is 0 Å². The highest BCUT2D eigenvalue weighted by Crippen LogP contribution is 2.40. The largest absolute Gasteiger partial charge is 0.347 e. The van der Waals surface area contributed by atoms with Crippen LogP contribution in [0.15, 0.2) is 41.5 Å². The maximum Gasteiger partial charge on any atom is 0.254 e. The van der Waals surface area contributed by atoms with Crippen LogP contribution in [0.1, 0.15) is 95.5 Å². The van der Waals surface area contributed by atoms with E-state index in [0.29, 0.717) is 17.4 Å². The Balaban J connectivity index is 1.36. The van der Waals surface area contributed by atoms with Gasteiger partial charge in [0.25, 0.3) is 5.91 Å². The van der Waals surface area contributed by atoms with Crippen molar-refractivity contribution in [1.29, 1.82) is 5.26 Å². The molecule has 1 saturated carbocycles. The summed E-state index contributed by atoms with van der Waals surface area (Å²) in [6, 6.07) is 14.4. The first-order valence-corrected chi connectivity index (χ1v) is 13.0. The molecule has 6 heteroatoms. The van der Waals surface area contributed by atoms with Gasteiger partial charge in [0.15, 0.2) is 5.84 Å². The minimum Gasteiger partial charge on any atom is -0.347 e. The number of hydrazone groups is 1. The summed E-state index contributed by atoms with van der Waals surface area (Å²) in [6.07, 6.45) is 6.75. The number of piperidine rings is 1. The van der Waals surface area contributed by atoms with Gasteiger partial charge in [-0.15, -0.1) is 0 Å². The van der Waals surface area contributed by atoms with Crippen LogP contribution in [0.4, 0.5) is 0 Å². The minimum atomic E-state index is 0.126. The number of hydrogen-bond acceptors (Lipinski definition) is 5. The molecule has 0 radical (unpaired) electrons. The SMILES string of the molecule is CCC1NC(c2cc(C(=O)N3CCC(c4ccc(C#N)cc4)CC3)c(C)cc2C2CCC2)=NN1C. The third-order valence-electron chi connectivity index (χ3n) is 8.12. The Morgan fingerprint density at radius 2 is 1.83 bits per heavy atom. The summed E-state index contributed by atoms with van der Waals surface area (Å²) in [5.74, 6) is 2.02. The van der Waals surface area contributed by atoms with E-state index < -0.39 is 0 Å². The summed E-state index contributed by atoms with van der Waals surface area (Å²) < 4.78 is 0. The molecule has 5 rings (SSSR count). The van der Waals surface area contributed by atoms with E-state index in [2.05, 4.69) is 49.5 Å². The van der Waals surface area contributed by atoms with Gasteiger partial charge >= 0.3 is 0 Å². The van der Waals surface area contributed by atoms with Crippen molar-refractivity contribution in [2.45, 2.75) is 70.4 Å². The molecule has 0 spiro atoms. The number of nitrogens with one attached hydrogen (secondary N) is 1. The van der Waals surface area contributed by atoms with Gasteiger partial charge in [-0.3, -0.25) is 9.80 Å².